The minimum atomic E-state index is -0.484. The van der Waals surface area contributed by atoms with Crippen molar-refractivity contribution in [2.75, 3.05) is 13.2 Å². The van der Waals surface area contributed by atoms with Crippen molar-refractivity contribution >= 4 is 6.09 Å². The Kier molecular flexibility index (Phi) is 4.88. The van der Waals surface area contributed by atoms with Crippen LogP contribution >= 0.6 is 0 Å². The van der Waals surface area contributed by atoms with Crippen LogP contribution < -0.4 is 4.74 Å². The minimum absolute atomic E-state index is 0.0132. The van der Waals surface area contributed by atoms with Gasteiger partial charge in [-0.1, -0.05) is 0 Å². The van der Waals surface area contributed by atoms with Gasteiger partial charge in [0.05, 0.1) is 6.04 Å². The van der Waals surface area contributed by atoms with Crippen molar-refractivity contribution in [3.8, 4) is 6.01 Å². The quantitative estimate of drug-likeness (QED) is 0.859. The minimum Gasteiger partial charge on any atom is -0.461 e. The summed E-state index contributed by atoms with van der Waals surface area (Å²) in [7, 11) is 0. The number of carbonyl (C=O) groups is 1. The molecule has 1 aromatic heterocycles. The second-order valence-electron chi connectivity index (χ2n) is 6.71. The molecule has 0 aromatic carbocycles. The standard InChI is InChI=1S/C16H25N3O3/c1-11-9-12(2)18-14(17-11)21-10-13-7-6-8-19(13)15(20)22-16(3,4)5/h9,13H,6-8,10H2,1-5H3/t13-/m0/s1. The summed E-state index contributed by atoms with van der Waals surface area (Å²) in [6.45, 7) is 10.5. The van der Waals surface area contributed by atoms with E-state index in [4.69, 9.17) is 9.47 Å². The molecular formula is C16H25N3O3. The number of nitrogens with zero attached hydrogens (tertiary/aromatic N) is 3. The number of hydrogen-bond donors (Lipinski definition) is 0. The van der Waals surface area contributed by atoms with Crippen LogP contribution in [0, 0.1) is 13.8 Å². The van der Waals surface area contributed by atoms with Gasteiger partial charge in [0.15, 0.2) is 0 Å². The topological polar surface area (TPSA) is 64.5 Å². The highest BCUT2D eigenvalue weighted by atomic mass is 16.6. The van der Waals surface area contributed by atoms with Crippen molar-refractivity contribution in [2.24, 2.45) is 0 Å². The molecule has 6 heteroatoms. The van der Waals surface area contributed by atoms with E-state index >= 15 is 0 Å². The highest BCUT2D eigenvalue weighted by Crippen LogP contribution is 2.21. The van der Waals surface area contributed by atoms with Crippen molar-refractivity contribution in [1.29, 1.82) is 0 Å². The van der Waals surface area contributed by atoms with Gasteiger partial charge >= 0.3 is 12.1 Å². The van der Waals surface area contributed by atoms with Crippen LogP contribution in [0.15, 0.2) is 6.07 Å². The first-order valence-electron chi connectivity index (χ1n) is 7.69. The van der Waals surface area contributed by atoms with E-state index in [0.29, 0.717) is 19.2 Å². The molecule has 1 aliphatic rings. The van der Waals surface area contributed by atoms with Gasteiger partial charge in [-0.3, -0.25) is 0 Å². The second-order valence-corrected chi connectivity index (χ2v) is 6.71. The molecule has 6 nitrogen and oxygen atoms in total. The van der Waals surface area contributed by atoms with Crippen LogP contribution in [-0.4, -0.2) is 45.8 Å². The molecule has 0 bridgehead atoms. The van der Waals surface area contributed by atoms with Gasteiger partial charge in [-0.15, -0.1) is 0 Å². The summed E-state index contributed by atoms with van der Waals surface area (Å²) >= 11 is 0. The number of amides is 1. The summed E-state index contributed by atoms with van der Waals surface area (Å²) < 4.78 is 11.1. The van der Waals surface area contributed by atoms with Crippen LogP contribution in [0.3, 0.4) is 0 Å². The Hall–Kier alpha value is -1.85. The Labute approximate surface area is 131 Å². The third-order valence-electron chi connectivity index (χ3n) is 3.37. The number of carbonyl (C=O) groups excluding carboxylic acids is 1. The van der Waals surface area contributed by atoms with Gasteiger partial charge in [0.1, 0.15) is 12.2 Å². The molecule has 1 saturated heterocycles. The van der Waals surface area contributed by atoms with Crippen LogP contribution in [0.25, 0.3) is 0 Å². The van der Waals surface area contributed by atoms with Crippen LogP contribution in [0.2, 0.25) is 0 Å². The molecule has 22 heavy (non-hydrogen) atoms. The molecule has 0 spiro atoms. The SMILES string of the molecule is Cc1cc(C)nc(OC[C@@H]2CCCN2C(=O)OC(C)(C)C)n1. The zero-order chi connectivity index (χ0) is 16.3. The first-order chi connectivity index (χ1) is 10.2. The predicted molar refractivity (Wildman–Crippen MR) is 83.0 cm³/mol. The smallest absolute Gasteiger partial charge is 0.410 e. The van der Waals surface area contributed by atoms with Crippen molar-refractivity contribution in [3.63, 3.8) is 0 Å². The Bertz CT molecular complexity index is 520. The molecule has 1 fully saturated rings. The molecule has 0 saturated carbocycles. The Morgan fingerprint density at radius 1 is 1.32 bits per heavy atom. The van der Waals surface area contributed by atoms with Gasteiger partial charge in [-0.25, -0.2) is 14.8 Å². The fourth-order valence-electron chi connectivity index (χ4n) is 2.50. The highest BCUT2D eigenvalue weighted by molar-refractivity contribution is 5.68. The van der Waals surface area contributed by atoms with Gasteiger partial charge < -0.3 is 14.4 Å². The largest absolute Gasteiger partial charge is 0.461 e. The van der Waals surface area contributed by atoms with E-state index in [1.54, 1.807) is 4.90 Å². The van der Waals surface area contributed by atoms with E-state index in [0.717, 1.165) is 24.2 Å². The molecule has 1 aromatic rings. The van der Waals surface area contributed by atoms with Crippen LogP contribution in [0.5, 0.6) is 6.01 Å². The van der Waals surface area contributed by atoms with E-state index < -0.39 is 5.60 Å². The number of rotatable bonds is 3. The maximum absolute atomic E-state index is 12.2. The normalized spacial score (nSPS) is 18.4. The lowest BCUT2D eigenvalue weighted by Gasteiger charge is -2.28. The number of likely N-dealkylation sites (tertiary alicyclic amines) is 1. The van der Waals surface area contributed by atoms with Crippen molar-refractivity contribution < 1.29 is 14.3 Å². The van der Waals surface area contributed by atoms with Crippen molar-refractivity contribution in [3.05, 3.63) is 17.5 Å². The lowest BCUT2D eigenvalue weighted by molar-refractivity contribution is 0.0183. The molecule has 0 aliphatic carbocycles. The van der Waals surface area contributed by atoms with Crippen LogP contribution in [0.1, 0.15) is 45.0 Å². The molecule has 0 N–H and O–H groups in total. The van der Waals surface area contributed by atoms with E-state index in [1.807, 2.05) is 40.7 Å². The van der Waals surface area contributed by atoms with Crippen molar-refractivity contribution in [2.45, 2.75) is 59.1 Å². The van der Waals surface area contributed by atoms with Gasteiger partial charge in [-0.2, -0.15) is 0 Å². The second kappa shape index (κ2) is 6.50. The Balaban J connectivity index is 1.95. The number of ether oxygens (including phenoxy) is 2. The summed E-state index contributed by atoms with van der Waals surface area (Å²) in [5.41, 5.74) is 1.26. The summed E-state index contributed by atoms with van der Waals surface area (Å²) in [4.78, 5) is 22.5. The summed E-state index contributed by atoms with van der Waals surface area (Å²) in [5, 5.41) is 0. The van der Waals surface area contributed by atoms with E-state index in [-0.39, 0.29) is 12.1 Å². The molecule has 1 atom stereocenters. The fraction of sp³-hybridized carbons (Fsp3) is 0.688. The molecule has 122 valence electrons. The number of aromatic nitrogens is 2. The average Bonchev–Trinajstić information content (AvgIpc) is 2.81. The van der Waals surface area contributed by atoms with Gasteiger partial charge in [-0.05, 0) is 53.5 Å². The third kappa shape index (κ3) is 4.58. The molecule has 1 aliphatic heterocycles. The van der Waals surface area contributed by atoms with Crippen molar-refractivity contribution in [1.82, 2.24) is 14.9 Å². The number of hydrogen-bond acceptors (Lipinski definition) is 5. The fourth-order valence-corrected chi connectivity index (χ4v) is 2.50. The van der Waals surface area contributed by atoms with E-state index in [9.17, 15) is 4.79 Å². The highest BCUT2D eigenvalue weighted by Gasteiger charge is 2.32. The number of aryl methyl sites for hydroxylation is 2. The molecule has 2 rings (SSSR count). The summed E-state index contributed by atoms with van der Waals surface area (Å²) in [6, 6.07) is 2.28. The molecule has 0 radical (unpaired) electrons. The van der Waals surface area contributed by atoms with E-state index in [1.165, 1.54) is 0 Å². The Morgan fingerprint density at radius 2 is 1.95 bits per heavy atom. The maximum Gasteiger partial charge on any atom is 0.410 e. The zero-order valence-corrected chi connectivity index (χ0v) is 14.0. The lowest BCUT2D eigenvalue weighted by atomic mass is 10.2. The lowest BCUT2D eigenvalue weighted by Crippen LogP contribution is -2.42. The average molecular weight is 307 g/mol. The van der Waals surface area contributed by atoms with Gasteiger partial charge in [0, 0.05) is 17.9 Å². The van der Waals surface area contributed by atoms with Crippen LogP contribution in [0.4, 0.5) is 4.79 Å². The molecule has 1 amide bonds. The summed E-state index contributed by atoms with van der Waals surface area (Å²) in [6.07, 6.45) is 1.59. The Morgan fingerprint density at radius 3 is 2.55 bits per heavy atom. The zero-order valence-electron chi connectivity index (χ0n) is 14.0. The predicted octanol–water partition coefficient (Wildman–Crippen LogP) is 2.87. The molecular weight excluding hydrogens is 282 g/mol. The molecule has 2 heterocycles. The van der Waals surface area contributed by atoms with Crippen LogP contribution in [-0.2, 0) is 4.74 Å². The van der Waals surface area contributed by atoms with Gasteiger partial charge in [0.25, 0.3) is 0 Å². The van der Waals surface area contributed by atoms with Gasteiger partial charge in [0.2, 0.25) is 0 Å². The third-order valence-corrected chi connectivity index (χ3v) is 3.37. The maximum atomic E-state index is 12.2. The monoisotopic (exact) mass is 307 g/mol. The first kappa shape index (κ1) is 16.5. The first-order valence-corrected chi connectivity index (χ1v) is 7.69. The van der Waals surface area contributed by atoms with E-state index in [2.05, 4.69) is 9.97 Å². The molecule has 0 unspecified atom stereocenters. The summed E-state index contributed by atoms with van der Waals surface area (Å²) in [5.74, 6) is 0.